The molecule has 4 fully saturated rings. The number of alkyl halides is 2. The van der Waals surface area contributed by atoms with Crippen LogP contribution in [0.1, 0.15) is 63.2 Å². The van der Waals surface area contributed by atoms with Crippen LogP contribution >= 0.6 is 0 Å². The molecule has 9 heteroatoms. The standard InChI is InChI=1S/C27H32F2O7/c1-13(2)22(27(28,29)24(31)32)35-23(30)14-6-8-18(9-7-14)34-25(33)36-26(3)12-17-11-19(26)21-16-5-4-15(10-16)20(17)21/h6-9,13,15-17,19-22H,4-5,10-12H2,1-3H3,(H,31,32)/p-1. The average Bonchev–Trinajstić information content (AvgIpc) is 3.56. The van der Waals surface area contributed by atoms with E-state index in [1.165, 1.54) is 57.4 Å². The van der Waals surface area contributed by atoms with Crippen LogP contribution in [0.25, 0.3) is 0 Å². The van der Waals surface area contributed by atoms with Gasteiger partial charge < -0.3 is 24.1 Å². The van der Waals surface area contributed by atoms with Gasteiger partial charge in [-0.3, -0.25) is 0 Å². The van der Waals surface area contributed by atoms with Gasteiger partial charge in [0.05, 0.1) is 5.56 Å². The van der Waals surface area contributed by atoms with Crippen molar-refractivity contribution in [2.45, 2.75) is 70.5 Å². The van der Waals surface area contributed by atoms with E-state index in [2.05, 4.69) is 0 Å². The third kappa shape index (κ3) is 4.04. The summed E-state index contributed by atoms with van der Waals surface area (Å²) in [6, 6.07) is 5.15. The number of aliphatic carboxylic acids is 1. The number of carbonyl (C=O) groups excluding carboxylic acids is 3. The van der Waals surface area contributed by atoms with Gasteiger partial charge in [-0.2, -0.15) is 8.78 Å². The van der Waals surface area contributed by atoms with E-state index < -0.39 is 41.6 Å². The van der Waals surface area contributed by atoms with Crippen molar-refractivity contribution in [3.63, 3.8) is 0 Å². The van der Waals surface area contributed by atoms with Gasteiger partial charge in [0.1, 0.15) is 17.3 Å². The summed E-state index contributed by atoms with van der Waals surface area (Å²) < 4.78 is 43.8. The topological polar surface area (TPSA) is 102 Å². The van der Waals surface area contributed by atoms with Gasteiger partial charge >= 0.3 is 18.0 Å². The molecule has 4 aliphatic carbocycles. The number of carboxylic acids is 1. The van der Waals surface area contributed by atoms with Gasteiger partial charge in [0, 0.05) is 5.92 Å². The van der Waals surface area contributed by atoms with Crippen LogP contribution in [0.5, 0.6) is 5.75 Å². The lowest BCUT2D eigenvalue weighted by atomic mass is 9.66. The molecule has 196 valence electrons. The van der Waals surface area contributed by atoms with Crippen LogP contribution in [0, 0.1) is 41.4 Å². The number of hydrogen-bond acceptors (Lipinski definition) is 7. The monoisotopic (exact) mass is 505 g/mol. The molecule has 4 saturated carbocycles. The molecule has 0 heterocycles. The van der Waals surface area contributed by atoms with E-state index in [4.69, 9.17) is 14.2 Å². The lowest BCUT2D eigenvalue weighted by Gasteiger charge is -2.43. The van der Waals surface area contributed by atoms with Crippen LogP contribution in [-0.2, 0) is 14.3 Å². The predicted octanol–water partition coefficient (Wildman–Crippen LogP) is 4.23. The van der Waals surface area contributed by atoms with Crippen molar-refractivity contribution >= 4 is 18.1 Å². The Labute approximate surface area is 208 Å². The molecule has 5 rings (SSSR count). The number of benzene rings is 1. The molecule has 36 heavy (non-hydrogen) atoms. The van der Waals surface area contributed by atoms with E-state index in [0.29, 0.717) is 17.8 Å². The van der Waals surface area contributed by atoms with Crippen molar-refractivity contribution in [1.82, 2.24) is 0 Å². The van der Waals surface area contributed by atoms with E-state index in [1.807, 2.05) is 6.92 Å². The first-order valence-corrected chi connectivity index (χ1v) is 12.7. The van der Waals surface area contributed by atoms with Crippen LogP contribution in [0.2, 0.25) is 0 Å². The lowest BCUT2D eigenvalue weighted by Crippen LogP contribution is -2.53. The third-order valence-corrected chi connectivity index (χ3v) is 9.14. The number of rotatable bonds is 7. The fraction of sp³-hybridized carbons (Fsp3) is 0.667. The second kappa shape index (κ2) is 8.70. The van der Waals surface area contributed by atoms with Crippen molar-refractivity contribution in [1.29, 1.82) is 0 Å². The number of esters is 1. The Morgan fingerprint density at radius 2 is 1.67 bits per heavy atom. The van der Waals surface area contributed by atoms with Crippen LogP contribution in [0.15, 0.2) is 24.3 Å². The fourth-order valence-corrected chi connectivity index (χ4v) is 7.88. The summed E-state index contributed by atoms with van der Waals surface area (Å²) in [5, 5.41) is 10.8. The normalized spacial score (nSPS) is 34.9. The minimum atomic E-state index is -4.34. The second-order valence-corrected chi connectivity index (χ2v) is 11.6. The smallest absolute Gasteiger partial charge is 0.514 e. The number of halogens is 2. The highest BCUT2D eigenvalue weighted by Crippen LogP contribution is 2.70. The molecule has 0 radical (unpaired) electrons. The molecule has 7 nitrogen and oxygen atoms in total. The minimum absolute atomic E-state index is 0.0992. The molecular formula is C27H31F2O7-. The van der Waals surface area contributed by atoms with Crippen molar-refractivity contribution < 1.29 is 42.5 Å². The van der Waals surface area contributed by atoms with Crippen LogP contribution in [0.4, 0.5) is 13.6 Å². The molecule has 4 aliphatic rings. The lowest BCUT2D eigenvalue weighted by molar-refractivity contribution is -0.337. The van der Waals surface area contributed by atoms with Gasteiger partial charge in [-0.05, 0) is 98.8 Å². The summed E-state index contributed by atoms with van der Waals surface area (Å²) in [6.45, 7) is 4.63. The van der Waals surface area contributed by atoms with Crippen LogP contribution in [-0.4, -0.2) is 35.7 Å². The maximum absolute atomic E-state index is 13.9. The first kappa shape index (κ1) is 25.0. The number of carboxylic acid groups (broad SMARTS) is 1. The van der Waals surface area contributed by atoms with Crippen LogP contribution in [0.3, 0.4) is 0 Å². The SMILES string of the molecule is CC(C)C(OC(=O)c1ccc(OC(=O)OC2(C)CC3CC2C2C4CCC(C4)C32)cc1)C(F)(F)C(=O)[O-]. The summed E-state index contributed by atoms with van der Waals surface area (Å²) in [5.41, 5.74) is -0.648. The summed E-state index contributed by atoms with van der Waals surface area (Å²) in [4.78, 5) is 35.8. The maximum atomic E-state index is 13.9. The molecule has 0 aromatic heterocycles. The Morgan fingerprint density at radius 3 is 2.28 bits per heavy atom. The van der Waals surface area contributed by atoms with Crippen LogP contribution < -0.4 is 9.84 Å². The van der Waals surface area contributed by atoms with E-state index >= 15 is 0 Å². The molecule has 0 N–H and O–H groups in total. The van der Waals surface area contributed by atoms with Crippen molar-refractivity contribution in [3.05, 3.63) is 29.8 Å². The first-order valence-electron chi connectivity index (χ1n) is 12.7. The summed E-state index contributed by atoms with van der Waals surface area (Å²) in [7, 11) is 0. The van der Waals surface area contributed by atoms with Gasteiger partial charge in [0.15, 0.2) is 6.10 Å². The Bertz CT molecular complexity index is 1050. The Morgan fingerprint density at radius 1 is 1.03 bits per heavy atom. The molecule has 0 amide bonds. The predicted molar refractivity (Wildman–Crippen MR) is 120 cm³/mol. The number of carbonyl (C=O) groups is 3. The van der Waals surface area contributed by atoms with Gasteiger partial charge in [0.25, 0.3) is 0 Å². The van der Waals surface area contributed by atoms with Crippen molar-refractivity contribution in [3.8, 4) is 5.75 Å². The minimum Gasteiger partial charge on any atom is -0.544 e. The molecule has 8 unspecified atom stereocenters. The van der Waals surface area contributed by atoms with Gasteiger partial charge in [-0.1, -0.05) is 13.8 Å². The molecule has 1 aromatic carbocycles. The van der Waals surface area contributed by atoms with Gasteiger partial charge in [0.2, 0.25) is 0 Å². The molecule has 0 saturated heterocycles. The second-order valence-electron chi connectivity index (χ2n) is 11.6. The van der Waals surface area contributed by atoms with E-state index in [9.17, 15) is 28.3 Å². The Hall–Kier alpha value is -2.71. The summed E-state index contributed by atoms with van der Waals surface area (Å²) >= 11 is 0. The highest BCUT2D eigenvalue weighted by Gasteiger charge is 2.67. The zero-order chi connectivity index (χ0) is 26.0. The highest BCUT2D eigenvalue weighted by atomic mass is 19.3. The summed E-state index contributed by atoms with van der Waals surface area (Å²) in [6.07, 6.45) is 2.90. The molecule has 0 spiro atoms. The van der Waals surface area contributed by atoms with E-state index in [1.54, 1.807) is 0 Å². The largest absolute Gasteiger partial charge is 0.544 e. The Balaban J connectivity index is 1.19. The van der Waals surface area contributed by atoms with Gasteiger partial charge in [-0.15, -0.1) is 0 Å². The van der Waals surface area contributed by atoms with Gasteiger partial charge in [-0.25, -0.2) is 9.59 Å². The zero-order valence-electron chi connectivity index (χ0n) is 20.6. The number of hydrogen-bond donors (Lipinski definition) is 0. The molecule has 8 atom stereocenters. The van der Waals surface area contributed by atoms with E-state index in [-0.39, 0.29) is 11.3 Å². The van der Waals surface area contributed by atoms with Crippen molar-refractivity contribution in [2.75, 3.05) is 0 Å². The van der Waals surface area contributed by atoms with Crippen molar-refractivity contribution in [2.24, 2.45) is 41.4 Å². The fourth-order valence-electron chi connectivity index (χ4n) is 7.88. The average molecular weight is 506 g/mol. The maximum Gasteiger partial charge on any atom is 0.514 e. The quantitative estimate of drug-likeness (QED) is 0.310. The number of ether oxygens (including phenoxy) is 3. The molecule has 1 aromatic rings. The third-order valence-electron chi connectivity index (χ3n) is 9.14. The zero-order valence-corrected chi connectivity index (χ0v) is 20.6. The molecular weight excluding hydrogens is 474 g/mol. The van der Waals surface area contributed by atoms with E-state index in [0.717, 1.165) is 30.6 Å². The number of fused-ring (bicyclic) bond motifs is 9. The molecule has 0 aliphatic heterocycles. The first-order chi connectivity index (χ1) is 16.9. The highest BCUT2D eigenvalue weighted by molar-refractivity contribution is 5.90. The Kier molecular flexibility index (Phi) is 6.03. The molecule has 4 bridgehead atoms. The summed E-state index contributed by atoms with van der Waals surface area (Å²) in [5.74, 6) is -4.93.